The monoisotopic (exact) mass is 467 g/mol. The Morgan fingerprint density at radius 2 is 1.21 bits per heavy atom. The van der Waals surface area contributed by atoms with Crippen LogP contribution in [-0.4, -0.2) is 48.0 Å². The van der Waals surface area contributed by atoms with Crippen molar-refractivity contribution in [1.82, 2.24) is 10.6 Å². The molecule has 13 N–H and O–H groups in total. The highest BCUT2D eigenvalue weighted by Gasteiger charge is 2.17. The number of unbranched alkanes of at least 4 members (excludes halogenated alkanes) is 6. The molecule has 192 valence electrons. The number of guanidine groups is 4. The van der Waals surface area contributed by atoms with Gasteiger partial charge in [0.2, 0.25) is 0 Å². The Hall–Kier alpha value is -2.72. The minimum atomic E-state index is -0.288. The molecular formula is C22H49N11. The Morgan fingerprint density at radius 3 is 1.76 bits per heavy atom. The van der Waals surface area contributed by atoms with Gasteiger partial charge in [-0.2, -0.15) is 0 Å². The molecule has 0 spiro atoms. The van der Waals surface area contributed by atoms with E-state index in [1.165, 1.54) is 0 Å². The van der Waals surface area contributed by atoms with E-state index in [1.54, 1.807) is 0 Å². The van der Waals surface area contributed by atoms with Gasteiger partial charge in [0.25, 0.3) is 0 Å². The van der Waals surface area contributed by atoms with Crippen molar-refractivity contribution in [3.8, 4) is 0 Å². The first-order chi connectivity index (χ1) is 15.3. The van der Waals surface area contributed by atoms with Gasteiger partial charge in [-0.15, -0.1) is 0 Å². The summed E-state index contributed by atoms with van der Waals surface area (Å²) in [7, 11) is 0. The minimum Gasteiger partial charge on any atom is -0.370 e. The molecule has 0 bridgehead atoms. The second-order valence-electron chi connectivity index (χ2n) is 9.72. The van der Waals surface area contributed by atoms with Crippen LogP contribution in [0.15, 0.2) is 15.0 Å². The molecule has 0 radical (unpaired) electrons. The van der Waals surface area contributed by atoms with Crippen molar-refractivity contribution in [1.29, 1.82) is 5.41 Å². The molecule has 0 fully saturated rings. The van der Waals surface area contributed by atoms with Crippen LogP contribution in [0.5, 0.6) is 0 Å². The van der Waals surface area contributed by atoms with Crippen LogP contribution in [0.2, 0.25) is 0 Å². The molecule has 11 nitrogen and oxygen atoms in total. The first kappa shape index (κ1) is 30.3. The summed E-state index contributed by atoms with van der Waals surface area (Å²) in [6.45, 7) is 9.55. The Morgan fingerprint density at radius 1 is 0.697 bits per heavy atom. The molecule has 0 aromatic carbocycles. The largest absolute Gasteiger partial charge is 0.370 e. The Bertz CT molecular complexity index is 643. The first-order valence-corrected chi connectivity index (χ1v) is 11.9. The molecule has 11 heteroatoms. The maximum absolute atomic E-state index is 8.00. The molecule has 0 amide bonds. The van der Waals surface area contributed by atoms with Crippen LogP contribution in [0.3, 0.4) is 0 Å². The van der Waals surface area contributed by atoms with Crippen LogP contribution in [-0.2, 0) is 0 Å². The van der Waals surface area contributed by atoms with E-state index in [2.05, 4.69) is 25.6 Å². The van der Waals surface area contributed by atoms with E-state index in [0.29, 0.717) is 13.1 Å². The number of rotatable bonds is 16. The van der Waals surface area contributed by atoms with Gasteiger partial charge in [0, 0.05) is 13.1 Å². The second kappa shape index (κ2) is 16.0. The van der Waals surface area contributed by atoms with Gasteiger partial charge < -0.3 is 34.0 Å². The number of nitrogens with one attached hydrogen (secondary N) is 3. The topological polar surface area (TPSA) is 215 Å². The van der Waals surface area contributed by atoms with E-state index in [4.69, 9.17) is 34.1 Å². The lowest BCUT2D eigenvalue weighted by Crippen LogP contribution is -2.45. The zero-order chi connectivity index (χ0) is 25.3. The van der Waals surface area contributed by atoms with Crippen LogP contribution < -0.4 is 39.3 Å². The SMILES string of the molecule is CC(C)(CCCCCCNC(=N)NC(N)=NC(C)(C)CCCCCCN=C(N)N)N=C(N)N. The Kier molecular flexibility index (Phi) is 14.7. The zero-order valence-corrected chi connectivity index (χ0v) is 21.2. The number of hydrogen-bond acceptors (Lipinski definition) is 4. The van der Waals surface area contributed by atoms with Crippen molar-refractivity contribution in [2.24, 2.45) is 43.6 Å². The summed E-state index contributed by atoms with van der Waals surface area (Å²) in [4.78, 5) is 12.8. The van der Waals surface area contributed by atoms with Gasteiger partial charge in [-0.3, -0.25) is 15.7 Å². The lowest BCUT2D eigenvalue weighted by Gasteiger charge is -2.21. The Labute approximate surface area is 200 Å². The normalized spacial score (nSPS) is 12.2. The second-order valence-corrected chi connectivity index (χ2v) is 9.72. The van der Waals surface area contributed by atoms with E-state index < -0.39 is 0 Å². The summed E-state index contributed by atoms with van der Waals surface area (Å²) < 4.78 is 0. The summed E-state index contributed by atoms with van der Waals surface area (Å²) in [5.41, 5.74) is 27.0. The smallest absolute Gasteiger partial charge is 0.195 e. The van der Waals surface area contributed by atoms with Crippen molar-refractivity contribution in [2.45, 2.75) is 103 Å². The minimum absolute atomic E-state index is 0.136. The van der Waals surface area contributed by atoms with E-state index >= 15 is 0 Å². The van der Waals surface area contributed by atoms with E-state index in [9.17, 15) is 0 Å². The van der Waals surface area contributed by atoms with Crippen LogP contribution in [0.4, 0.5) is 0 Å². The highest BCUT2D eigenvalue weighted by Crippen LogP contribution is 2.19. The molecule has 33 heavy (non-hydrogen) atoms. The van der Waals surface area contributed by atoms with Crippen LogP contribution in [0.1, 0.15) is 91.9 Å². The lowest BCUT2D eigenvalue weighted by atomic mass is 9.97. The van der Waals surface area contributed by atoms with Crippen molar-refractivity contribution < 1.29 is 0 Å². The highest BCUT2D eigenvalue weighted by atomic mass is 15.2. The molecule has 0 saturated carbocycles. The third kappa shape index (κ3) is 19.7. The fourth-order valence-electron chi connectivity index (χ4n) is 3.47. The van der Waals surface area contributed by atoms with Gasteiger partial charge in [-0.05, 0) is 53.4 Å². The molecule has 0 aliphatic carbocycles. The van der Waals surface area contributed by atoms with Gasteiger partial charge in [0.15, 0.2) is 23.8 Å². The molecular weight excluding hydrogens is 418 g/mol. The number of nitrogens with zero attached hydrogens (tertiary/aromatic N) is 3. The summed E-state index contributed by atoms with van der Waals surface area (Å²) in [6.07, 6.45) is 10.2. The van der Waals surface area contributed by atoms with Gasteiger partial charge >= 0.3 is 0 Å². The zero-order valence-electron chi connectivity index (χ0n) is 21.2. The van der Waals surface area contributed by atoms with Crippen LogP contribution in [0, 0.1) is 5.41 Å². The average Bonchev–Trinajstić information content (AvgIpc) is 2.64. The molecule has 0 unspecified atom stereocenters. The standard InChI is InChI=1S/C22H49N11/c1-21(2,32-18(25)26)13-9-6-8-12-16-30-19(27)31-20(28)33-22(3,4)14-10-5-7-11-15-29-17(23)24/h5-16H2,1-4H3,(H4,23,24,29)(H4,25,26,32)(H5,27,28,30,31,33). The molecule has 0 heterocycles. The van der Waals surface area contributed by atoms with Gasteiger partial charge in [-0.25, -0.2) is 9.98 Å². The molecule has 0 aliphatic rings. The summed E-state index contributed by atoms with van der Waals surface area (Å²) >= 11 is 0. The predicted molar refractivity (Wildman–Crippen MR) is 141 cm³/mol. The number of aliphatic imine (C=N–C) groups is 3. The number of nitrogens with two attached hydrogens (primary N) is 5. The van der Waals surface area contributed by atoms with Crippen molar-refractivity contribution in [3.63, 3.8) is 0 Å². The first-order valence-electron chi connectivity index (χ1n) is 11.9. The van der Waals surface area contributed by atoms with E-state index in [1.807, 2.05) is 27.7 Å². The molecule has 0 aromatic rings. The van der Waals surface area contributed by atoms with Crippen molar-refractivity contribution in [3.05, 3.63) is 0 Å². The van der Waals surface area contributed by atoms with Gasteiger partial charge in [0.05, 0.1) is 11.1 Å². The quantitative estimate of drug-likeness (QED) is 0.0947. The average molecular weight is 468 g/mol. The molecule has 0 aromatic heterocycles. The summed E-state index contributed by atoms with van der Waals surface area (Å²) in [5.74, 6) is 0.707. The molecule has 0 rings (SSSR count). The van der Waals surface area contributed by atoms with Crippen molar-refractivity contribution >= 4 is 23.8 Å². The highest BCUT2D eigenvalue weighted by molar-refractivity contribution is 5.96. The third-order valence-electron chi connectivity index (χ3n) is 5.12. The fourth-order valence-corrected chi connectivity index (χ4v) is 3.47. The van der Waals surface area contributed by atoms with Gasteiger partial charge in [-0.1, -0.05) is 38.5 Å². The maximum Gasteiger partial charge on any atom is 0.195 e. The van der Waals surface area contributed by atoms with Crippen molar-refractivity contribution in [2.75, 3.05) is 13.1 Å². The third-order valence-corrected chi connectivity index (χ3v) is 5.12. The maximum atomic E-state index is 8.00. The van der Waals surface area contributed by atoms with Crippen LogP contribution in [0.25, 0.3) is 0 Å². The molecule has 0 atom stereocenters. The predicted octanol–water partition coefficient (Wildman–Crippen LogP) is 1.42. The lowest BCUT2D eigenvalue weighted by molar-refractivity contribution is 0.445. The Balaban J connectivity index is 3.98. The molecule has 0 aliphatic heterocycles. The summed E-state index contributed by atoms with van der Waals surface area (Å²) in [5, 5.41) is 13.9. The van der Waals surface area contributed by atoms with E-state index in [0.717, 1.165) is 64.2 Å². The van der Waals surface area contributed by atoms with Crippen LogP contribution >= 0.6 is 0 Å². The summed E-state index contributed by atoms with van der Waals surface area (Å²) in [6, 6.07) is 0. The number of hydrogen-bond donors (Lipinski definition) is 8. The van der Waals surface area contributed by atoms with Gasteiger partial charge in [0.1, 0.15) is 0 Å². The van der Waals surface area contributed by atoms with E-state index in [-0.39, 0.29) is 34.9 Å². The molecule has 0 saturated heterocycles. The fraction of sp³-hybridized carbons (Fsp3) is 0.818.